The van der Waals surface area contributed by atoms with Gasteiger partial charge in [-0.3, -0.25) is 24.6 Å². The maximum atomic E-state index is 13.1. The molecular weight excluding hydrogens is 604 g/mol. The Morgan fingerprint density at radius 1 is 0.958 bits per heavy atom. The monoisotopic (exact) mass is 642 g/mol. The maximum Gasteiger partial charge on any atom is 0.255 e. The van der Waals surface area contributed by atoms with Gasteiger partial charge >= 0.3 is 0 Å². The van der Waals surface area contributed by atoms with E-state index in [9.17, 15) is 14.4 Å². The first-order valence-corrected chi connectivity index (χ1v) is 16.4. The molecule has 3 amide bonds. The number of fused-ring (bicyclic) bond motifs is 1. The Morgan fingerprint density at radius 3 is 2.46 bits per heavy atom. The molecule has 48 heavy (non-hydrogen) atoms. The molecule has 2 saturated heterocycles. The third-order valence-electron chi connectivity index (χ3n) is 9.71. The van der Waals surface area contributed by atoms with E-state index in [1.165, 1.54) is 17.3 Å². The SMILES string of the molecule is CNc1ccc(Oc2ccc(-c3ccc(CN4CCC(c5ccc6c(c5)CN(C5CCC(=O)NC5=O)C6=O)CC4)cc3)cn2)cc1C=N. The second-order valence-corrected chi connectivity index (χ2v) is 12.7. The van der Waals surface area contributed by atoms with Gasteiger partial charge in [-0.25, -0.2) is 4.98 Å². The van der Waals surface area contributed by atoms with Gasteiger partial charge in [0, 0.05) is 67.4 Å². The van der Waals surface area contributed by atoms with E-state index in [2.05, 4.69) is 56.9 Å². The Bertz CT molecular complexity index is 1870. The number of hydrogen-bond acceptors (Lipinski definition) is 8. The van der Waals surface area contributed by atoms with Crippen molar-refractivity contribution in [1.29, 1.82) is 5.41 Å². The van der Waals surface area contributed by atoms with E-state index in [1.54, 1.807) is 4.90 Å². The van der Waals surface area contributed by atoms with Crippen LogP contribution >= 0.6 is 0 Å². The first-order chi connectivity index (χ1) is 23.4. The highest BCUT2D eigenvalue weighted by molar-refractivity contribution is 6.05. The summed E-state index contributed by atoms with van der Waals surface area (Å²) in [7, 11) is 1.82. The van der Waals surface area contributed by atoms with Crippen LogP contribution in [0, 0.1) is 5.41 Å². The molecule has 2 fully saturated rings. The zero-order chi connectivity index (χ0) is 33.2. The van der Waals surface area contributed by atoms with E-state index in [0.717, 1.165) is 60.4 Å². The van der Waals surface area contributed by atoms with E-state index < -0.39 is 6.04 Å². The van der Waals surface area contributed by atoms with Crippen LogP contribution < -0.4 is 15.4 Å². The molecule has 1 atom stereocenters. The standard InChI is InChI=1S/C38H38N6O4/c1-40-33-10-8-31(19-29(33)20-39)48-36-13-7-28(21-41-36)25-4-2-24(3-5-25)22-43-16-14-26(15-17-43)27-6-9-32-30(18-27)23-44(38(32)47)34-11-12-35(45)42-37(34)46/h2-10,13,18-21,26,34,39-40H,11-12,14-17,22-23H2,1H3,(H,42,45,46). The highest BCUT2D eigenvalue weighted by Crippen LogP contribution is 2.34. The number of amides is 3. The average Bonchev–Trinajstić information content (AvgIpc) is 3.44. The predicted molar refractivity (Wildman–Crippen MR) is 183 cm³/mol. The lowest BCUT2D eigenvalue weighted by Crippen LogP contribution is -2.52. The van der Waals surface area contributed by atoms with Gasteiger partial charge in [0.15, 0.2) is 0 Å². The lowest BCUT2D eigenvalue weighted by atomic mass is 9.87. The minimum absolute atomic E-state index is 0.125. The van der Waals surface area contributed by atoms with Gasteiger partial charge < -0.3 is 20.4 Å². The Balaban J connectivity index is 0.915. The number of pyridine rings is 1. The van der Waals surface area contributed by atoms with Crippen molar-refractivity contribution in [3.05, 3.63) is 107 Å². The number of imide groups is 1. The number of rotatable bonds is 9. The van der Waals surface area contributed by atoms with Crippen molar-refractivity contribution in [3.63, 3.8) is 0 Å². The van der Waals surface area contributed by atoms with Crippen LogP contribution in [0.5, 0.6) is 11.6 Å². The largest absolute Gasteiger partial charge is 0.439 e. The van der Waals surface area contributed by atoms with Gasteiger partial charge in [-0.2, -0.15) is 0 Å². The lowest BCUT2D eigenvalue weighted by molar-refractivity contribution is -0.136. The molecule has 7 rings (SSSR count). The second kappa shape index (κ2) is 13.4. The first kappa shape index (κ1) is 31.3. The molecule has 1 aromatic heterocycles. The zero-order valence-electron chi connectivity index (χ0n) is 26.9. The van der Waals surface area contributed by atoms with Crippen molar-refractivity contribution < 1.29 is 19.1 Å². The minimum Gasteiger partial charge on any atom is -0.439 e. The molecule has 0 radical (unpaired) electrons. The molecule has 244 valence electrons. The first-order valence-electron chi connectivity index (χ1n) is 16.4. The third kappa shape index (κ3) is 6.44. The van der Waals surface area contributed by atoms with Gasteiger partial charge in [0.1, 0.15) is 11.8 Å². The molecular formula is C38H38N6O4. The van der Waals surface area contributed by atoms with Gasteiger partial charge in [0.05, 0.1) is 0 Å². The topological polar surface area (TPSA) is 128 Å². The number of ether oxygens (including phenoxy) is 1. The zero-order valence-corrected chi connectivity index (χ0v) is 26.9. The lowest BCUT2D eigenvalue weighted by Gasteiger charge is -2.32. The van der Waals surface area contributed by atoms with Crippen LogP contribution in [0.3, 0.4) is 0 Å². The van der Waals surface area contributed by atoms with Crippen molar-refractivity contribution in [2.45, 2.75) is 50.7 Å². The Morgan fingerprint density at radius 2 is 1.75 bits per heavy atom. The number of nitrogens with zero attached hydrogens (tertiary/aromatic N) is 3. The second-order valence-electron chi connectivity index (χ2n) is 12.7. The highest BCUT2D eigenvalue weighted by Gasteiger charge is 2.39. The number of carbonyl (C=O) groups excluding carboxylic acids is 3. The van der Waals surface area contributed by atoms with Crippen molar-refractivity contribution in [1.82, 2.24) is 20.1 Å². The predicted octanol–water partition coefficient (Wildman–Crippen LogP) is 5.72. The number of hydrogen-bond donors (Lipinski definition) is 3. The van der Waals surface area contributed by atoms with Gasteiger partial charge in [-0.1, -0.05) is 36.4 Å². The quantitative estimate of drug-likeness (QED) is 0.157. The maximum absolute atomic E-state index is 13.1. The normalized spacial score (nSPS) is 18.4. The summed E-state index contributed by atoms with van der Waals surface area (Å²) in [5.41, 5.74) is 7.87. The van der Waals surface area contributed by atoms with E-state index in [1.807, 2.05) is 49.6 Å². The molecule has 0 aliphatic carbocycles. The van der Waals surface area contributed by atoms with E-state index in [0.29, 0.717) is 36.1 Å². The van der Waals surface area contributed by atoms with Crippen LogP contribution in [-0.2, 0) is 22.7 Å². The van der Waals surface area contributed by atoms with Crippen molar-refractivity contribution in [3.8, 4) is 22.8 Å². The number of anilines is 1. The third-order valence-corrected chi connectivity index (χ3v) is 9.71. The van der Waals surface area contributed by atoms with Crippen LogP contribution in [0.15, 0.2) is 79.0 Å². The average molecular weight is 643 g/mol. The summed E-state index contributed by atoms with van der Waals surface area (Å²) in [5.74, 6) is 0.777. The van der Waals surface area contributed by atoms with Crippen LogP contribution in [0.2, 0.25) is 0 Å². The summed E-state index contributed by atoms with van der Waals surface area (Å²) in [6.45, 7) is 3.29. The molecule has 10 nitrogen and oxygen atoms in total. The van der Waals surface area contributed by atoms with Crippen LogP contribution in [-0.4, -0.2) is 64.9 Å². The molecule has 0 bridgehead atoms. The molecule has 3 aromatic carbocycles. The van der Waals surface area contributed by atoms with Crippen LogP contribution in [0.25, 0.3) is 11.1 Å². The smallest absolute Gasteiger partial charge is 0.255 e. The molecule has 4 heterocycles. The van der Waals surface area contributed by atoms with E-state index in [-0.39, 0.29) is 24.1 Å². The fourth-order valence-electron chi connectivity index (χ4n) is 7.02. The van der Waals surface area contributed by atoms with Gasteiger partial charge in [0.25, 0.3) is 5.91 Å². The molecule has 0 spiro atoms. The van der Waals surface area contributed by atoms with Gasteiger partial charge in [0.2, 0.25) is 17.7 Å². The molecule has 4 aromatic rings. The molecule has 3 N–H and O–H groups in total. The summed E-state index contributed by atoms with van der Waals surface area (Å²) in [6.07, 6.45) is 5.84. The Hall–Kier alpha value is -5.35. The van der Waals surface area contributed by atoms with Crippen LogP contribution in [0.1, 0.15) is 64.2 Å². The number of likely N-dealkylation sites (tertiary alicyclic amines) is 1. The number of carbonyl (C=O) groups is 3. The van der Waals surface area contributed by atoms with Crippen molar-refractivity contribution in [2.24, 2.45) is 0 Å². The highest BCUT2D eigenvalue weighted by atomic mass is 16.5. The number of aromatic nitrogens is 1. The molecule has 3 aliphatic rings. The van der Waals surface area contributed by atoms with Crippen molar-refractivity contribution in [2.75, 3.05) is 25.5 Å². The fraction of sp³-hybridized carbons (Fsp3) is 0.289. The van der Waals surface area contributed by atoms with Crippen LogP contribution in [0.4, 0.5) is 5.69 Å². The summed E-state index contributed by atoms with van der Waals surface area (Å²) in [5, 5.41) is 13.1. The minimum atomic E-state index is -0.587. The van der Waals surface area contributed by atoms with Gasteiger partial charge in [-0.15, -0.1) is 0 Å². The summed E-state index contributed by atoms with van der Waals surface area (Å²) in [6, 6.07) is 23.6. The Kier molecular flexibility index (Phi) is 8.73. The number of benzene rings is 3. The van der Waals surface area contributed by atoms with E-state index >= 15 is 0 Å². The molecule has 10 heteroatoms. The summed E-state index contributed by atoms with van der Waals surface area (Å²) in [4.78, 5) is 45.7. The fourth-order valence-corrected chi connectivity index (χ4v) is 7.02. The summed E-state index contributed by atoms with van der Waals surface area (Å²) >= 11 is 0. The Labute approximate surface area is 279 Å². The summed E-state index contributed by atoms with van der Waals surface area (Å²) < 4.78 is 5.92. The molecule has 0 saturated carbocycles. The van der Waals surface area contributed by atoms with Crippen molar-refractivity contribution >= 4 is 29.6 Å². The number of piperidine rings is 2. The number of nitrogens with one attached hydrogen (secondary N) is 3. The van der Waals surface area contributed by atoms with E-state index in [4.69, 9.17) is 10.1 Å². The molecule has 1 unspecified atom stereocenters. The van der Waals surface area contributed by atoms with Gasteiger partial charge in [-0.05, 0) is 90.9 Å². The molecule has 3 aliphatic heterocycles.